The van der Waals surface area contributed by atoms with Gasteiger partial charge in [0.2, 0.25) is 15.9 Å². The van der Waals surface area contributed by atoms with Gasteiger partial charge in [-0.3, -0.25) is 4.79 Å². The molecule has 0 heterocycles. The number of anilines is 1. The summed E-state index contributed by atoms with van der Waals surface area (Å²) in [6.07, 6.45) is 1.52. The largest absolute Gasteiger partial charge is 0.378 e. The number of amides is 1. The lowest BCUT2D eigenvalue weighted by molar-refractivity contribution is -0.120. The molecule has 0 bridgehead atoms. The molecule has 27 heavy (non-hydrogen) atoms. The quantitative estimate of drug-likeness (QED) is 0.534. The van der Waals surface area contributed by atoms with E-state index in [0.717, 1.165) is 16.8 Å². The molecule has 0 atom stereocenters. The molecule has 2 N–H and O–H groups in total. The zero-order valence-corrected chi connectivity index (χ0v) is 16.5. The lowest BCUT2D eigenvalue weighted by Gasteiger charge is -2.11. The highest BCUT2D eigenvalue weighted by molar-refractivity contribution is 7.89. The van der Waals surface area contributed by atoms with Crippen molar-refractivity contribution in [1.29, 1.82) is 0 Å². The van der Waals surface area contributed by atoms with E-state index in [2.05, 4.69) is 15.2 Å². The van der Waals surface area contributed by atoms with Crippen molar-refractivity contribution in [2.45, 2.75) is 18.2 Å². The van der Waals surface area contributed by atoms with Crippen molar-refractivity contribution in [3.63, 3.8) is 0 Å². The van der Waals surface area contributed by atoms with Gasteiger partial charge in [0.05, 0.1) is 11.1 Å². The Morgan fingerprint density at radius 1 is 1.07 bits per heavy atom. The molecule has 0 spiro atoms. The smallest absolute Gasteiger partial charge is 0.241 e. The molecule has 2 rings (SSSR count). The molecule has 0 radical (unpaired) electrons. The maximum Gasteiger partial charge on any atom is 0.241 e. The average Bonchev–Trinajstić information content (AvgIpc) is 2.62. The minimum atomic E-state index is -3.62. The van der Waals surface area contributed by atoms with E-state index < -0.39 is 10.0 Å². The lowest BCUT2D eigenvalue weighted by atomic mass is 10.2. The number of nitrogens with zero attached hydrogens (tertiary/aromatic N) is 2. The number of hydrogen-bond acceptors (Lipinski definition) is 5. The second-order valence-corrected chi connectivity index (χ2v) is 8.01. The Hall–Kier alpha value is -2.71. The average molecular weight is 388 g/mol. The van der Waals surface area contributed by atoms with Crippen molar-refractivity contribution in [1.82, 2.24) is 10.1 Å². The van der Waals surface area contributed by atoms with Gasteiger partial charge in [-0.15, -0.1) is 0 Å². The molecule has 0 saturated carbocycles. The van der Waals surface area contributed by atoms with Crippen molar-refractivity contribution in [3.8, 4) is 0 Å². The van der Waals surface area contributed by atoms with Crippen LogP contribution in [0.25, 0.3) is 0 Å². The van der Waals surface area contributed by atoms with E-state index >= 15 is 0 Å². The van der Waals surface area contributed by atoms with Crippen LogP contribution in [0.2, 0.25) is 0 Å². The maximum absolute atomic E-state index is 12.1. The van der Waals surface area contributed by atoms with Gasteiger partial charge in [-0.25, -0.2) is 18.6 Å². The Morgan fingerprint density at radius 2 is 1.70 bits per heavy atom. The van der Waals surface area contributed by atoms with E-state index in [1.807, 2.05) is 50.2 Å². The topological polar surface area (TPSA) is 90.9 Å². The van der Waals surface area contributed by atoms with Crippen molar-refractivity contribution in [2.24, 2.45) is 5.10 Å². The third kappa shape index (κ3) is 6.50. The van der Waals surface area contributed by atoms with Gasteiger partial charge < -0.3 is 4.90 Å². The minimum Gasteiger partial charge on any atom is -0.378 e. The third-order valence-electron chi connectivity index (χ3n) is 3.79. The lowest BCUT2D eigenvalue weighted by Crippen LogP contribution is -2.29. The van der Waals surface area contributed by atoms with E-state index in [0.29, 0.717) is 0 Å². The van der Waals surface area contributed by atoms with Crippen LogP contribution >= 0.6 is 0 Å². The molecular weight excluding hydrogens is 364 g/mol. The SMILES string of the molecule is Cc1ccc(S(=O)(=O)NCCC(=O)N/N=C\c2ccc(N(C)C)cc2)cc1. The van der Waals surface area contributed by atoms with Crippen molar-refractivity contribution in [3.05, 3.63) is 59.7 Å². The fourth-order valence-corrected chi connectivity index (χ4v) is 3.22. The number of carbonyl (C=O) groups is 1. The van der Waals surface area contributed by atoms with Crippen molar-refractivity contribution >= 4 is 27.8 Å². The monoisotopic (exact) mass is 388 g/mol. The number of hydrazone groups is 1. The molecule has 2 aromatic rings. The predicted octanol–water partition coefficient (Wildman–Crippen LogP) is 1.88. The van der Waals surface area contributed by atoms with Crippen LogP contribution in [0.4, 0.5) is 5.69 Å². The highest BCUT2D eigenvalue weighted by Crippen LogP contribution is 2.11. The van der Waals surface area contributed by atoms with Gasteiger partial charge in [0, 0.05) is 32.7 Å². The second-order valence-electron chi connectivity index (χ2n) is 6.24. The summed E-state index contributed by atoms with van der Waals surface area (Å²) in [7, 11) is 0.290. The molecule has 0 fully saturated rings. The molecule has 1 amide bonds. The summed E-state index contributed by atoms with van der Waals surface area (Å²) in [6.45, 7) is 1.88. The molecule has 0 aromatic heterocycles. The number of sulfonamides is 1. The summed E-state index contributed by atoms with van der Waals surface area (Å²) in [6, 6.07) is 14.2. The molecule has 0 saturated heterocycles. The first-order valence-corrected chi connectivity index (χ1v) is 9.92. The zero-order chi connectivity index (χ0) is 19.9. The Labute approximate surface area is 160 Å². The summed E-state index contributed by atoms with van der Waals surface area (Å²) in [5.41, 5.74) is 5.28. The van der Waals surface area contributed by atoms with Gasteiger partial charge in [0.1, 0.15) is 0 Å². The molecule has 2 aromatic carbocycles. The fraction of sp³-hybridized carbons (Fsp3) is 0.263. The van der Waals surface area contributed by atoms with Crippen LogP contribution < -0.4 is 15.0 Å². The van der Waals surface area contributed by atoms with Crippen molar-refractivity contribution in [2.75, 3.05) is 25.5 Å². The van der Waals surface area contributed by atoms with E-state index in [9.17, 15) is 13.2 Å². The molecule has 144 valence electrons. The predicted molar refractivity (Wildman–Crippen MR) is 107 cm³/mol. The summed E-state index contributed by atoms with van der Waals surface area (Å²) >= 11 is 0. The Kier molecular flexibility index (Phi) is 7.09. The number of benzene rings is 2. The molecule has 0 aliphatic heterocycles. The minimum absolute atomic E-state index is 0.00487. The van der Waals surface area contributed by atoms with E-state index in [1.165, 1.54) is 18.3 Å². The van der Waals surface area contributed by atoms with Crippen LogP contribution in [0.15, 0.2) is 58.5 Å². The molecule has 7 nitrogen and oxygen atoms in total. The van der Waals surface area contributed by atoms with Crippen LogP contribution in [0.1, 0.15) is 17.5 Å². The Bertz CT molecular complexity index is 890. The number of nitrogens with one attached hydrogen (secondary N) is 2. The number of hydrogen-bond donors (Lipinski definition) is 2. The van der Waals surface area contributed by atoms with Crippen LogP contribution in [-0.2, 0) is 14.8 Å². The molecule has 8 heteroatoms. The van der Waals surface area contributed by atoms with Crippen LogP contribution in [-0.4, -0.2) is 41.2 Å². The summed E-state index contributed by atoms with van der Waals surface area (Å²) in [5.74, 6) is -0.372. The van der Waals surface area contributed by atoms with Crippen molar-refractivity contribution < 1.29 is 13.2 Å². The van der Waals surface area contributed by atoms with E-state index in [4.69, 9.17) is 0 Å². The first-order valence-electron chi connectivity index (χ1n) is 8.43. The Balaban J connectivity index is 1.78. The van der Waals surface area contributed by atoms with Gasteiger partial charge >= 0.3 is 0 Å². The Morgan fingerprint density at radius 3 is 2.30 bits per heavy atom. The fourth-order valence-electron chi connectivity index (χ4n) is 2.19. The number of aryl methyl sites for hydroxylation is 1. The first-order chi connectivity index (χ1) is 12.8. The number of carbonyl (C=O) groups excluding carboxylic acids is 1. The van der Waals surface area contributed by atoms with Gasteiger partial charge in [-0.2, -0.15) is 5.10 Å². The van der Waals surface area contributed by atoms with Crippen LogP contribution in [0, 0.1) is 6.92 Å². The summed E-state index contributed by atoms with van der Waals surface area (Å²) in [5, 5.41) is 3.88. The van der Waals surface area contributed by atoms with Crippen LogP contribution in [0.3, 0.4) is 0 Å². The van der Waals surface area contributed by atoms with Gasteiger partial charge in [-0.05, 0) is 36.8 Å². The highest BCUT2D eigenvalue weighted by atomic mass is 32.2. The standard InChI is InChI=1S/C19H24N4O3S/c1-15-4-10-18(11-5-15)27(25,26)21-13-12-19(24)22-20-14-16-6-8-17(9-7-16)23(2)3/h4-11,14,21H,12-13H2,1-3H3,(H,22,24)/b20-14-. The molecule has 0 aliphatic rings. The van der Waals surface area contributed by atoms with Gasteiger partial charge in [0.15, 0.2) is 0 Å². The van der Waals surface area contributed by atoms with Crippen LogP contribution in [0.5, 0.6) is 0 Å². The zero-order valence-electron chi connectivity index (χ0n) is 15.6. The maximum atomic E-state index is 12.1. The summed E-state index contributed by atoms with van der Waals surface area (Å²) < 4.78 is 26.7. The normalized spacial score (nSPS) is 11.5. The highest BCUT2D eigenvalue weighted by Gasteiger charge is 2.13. The molecule has 0 aliphatic carbocycles. The second kappa shape index (κ2) is 9.29. The number of rotatable bonds is 8. The molecule has 0 unspecified atom stereocenters. The molecular formula is C19H24N4O3S. The first kappa shape index (κ1) is 20.6. The van der Waals surface area contributed by atoms with Gasteiger partial charge in [-0.1, -0.05) is 29.8 Å². The van der Waals surface area contributed by atoms with Gasteiger partial charge in [0.25, 0.3) is 0 Å². The summed E-state index contributed by atoms with van der Waals surface area (Å²) in [4.78, 5) is 13.9. The van der Waals surface area contributed by atoms with E-state index in [1.54, 1.807) is 12.1 Å². The third-order valence-corrected chi connectivity index (χ3v) is 5.26. The van der Waals surface area contributed by atoms with E-state index in [-0.39, 0.29) is 23.8 Å².